The molecule has 5 heteroatoms. The summed E-state index contributed by atoms with van der Waals surface area (Å²) in [7, 11) is 3.37. The second-order valence-electron chi connectivity index (χ2n) is 8.29. The maximum atomic E-state index is 5.81. The summed E-state index contributed by atoms with van der Waals surface area (Å²) >= 11 is 0. The predicted octanol–water partition coefficient (Wildman–Crippen LogP) is 5.07. The highest BCUT2D eigenvalue weighted by atomic mass is 16.7. The Hall–Kier alpha value is -3.73. The fraction of sp³-hybridized carbons (Fsp3) is 0.222. The van der Waals surface area contributed by atoms with Gasteiger partial charge in [-0.15, -0.1) is 0 Å². The maximum Gasteiger partial charge on any atom is 0.231 e. The van der Waals surface area contributed by atoms with Crippen LogP contribution >= 0.6 is 0 Å². The first-order chi connectivity index (χ1) is 15.7. The van der Waals surface area contributed by atoms with Crippen LogP contribution in [0.15, 0.2) is 54.7 Å². The highest BCUT2D eigenvalue weighted by Gasteiger charge is 2.32. The minimum absolute atomic E-state index is 0.275. The van der Waals surface area contributed by atoms with Crippen LogP contribution in [0.5, 0.6) is 23.0 Å². The zero-order chi connectivity index (χ0) is 21.8. The van der Waals surface area contributed by atoms with Gasteiger partial charge in [0.05, 0.1) is 30.7 Å². The van der Waals surface area contributed by atoms with Crippen molar-refractivity contribution in [1.82, 2.24) is 0 Å². The first-order valence-electron chi connectivity index (χ1n) is 10.8. The summed E-state index contributed by atoms with van der Waals surface area (Å²) in [6.07, 6.45) is 3.12. The number of fused-ring (bicyclic) bond motifs is 5. The number of benzene rings is 3. The fourth-order valence-corrected chi connectivity index (χ4v) is 5.00. The van der Waals surface area contributed by atoms with Gasteiger partial charge in [0.15, 0.2) is 35.7 Å². The third-order valence-electron chi connectivity index (χ3n) is 6.44. The van der Waals surface area contributed by atoms with E-state index in [9.17, 15) is 0 Å². The van der Waals surface area contributed by atoms with E-state index in [4.69, 9.17) is 18.9 Å². The predicted molar refractivity (Wildman–Crippen MR) is 123 cm³/mol. The molecule has 160 valence electrons. The maximum absolute atomic E-state index is 5.81. The largest absolute Gasteiger partial charge is 0.493 e. The lowest BCUT2D eigenvalue weighted by Crippen LogP contribution is -2.40. The van der Waals surface area contributed by atoms with E-state index in [-0.39, 0.29) is 6.79 Å². The third-order valence-corrected chi connectivity index (χ3v) is 6.44. The topological polar surface area (TPSA) is 40.8 Å². The van der Waals surface area contributed by atoms with Crippen LogP contribution in [0.1, 0.15) is 11.1 Å². The van der Waals surface area contributed by atoms with Gasteiger partial charge in [-0.05, 0) is 42.3 Å². The molecule has 0 atom stereocenters. The van der Waals surface area contributed by atoms with Crippen LogP contribution in [0.4, 0.5) is 0 Å². The molecule has 6 rings (SSSR count). The number of ether oxygens (including phenoxy) is 4. The van der Waals surface area contributed by atoms with Crippen LogP contribution in [0, 0.1) is 6.92 Å². The van der Waals surface area contributed by atoms with Crippen molar-refractivity contribution in [1.29, 1.82) is 0 Å². The molecular formula is C27H24NO4+. The van der Waals surface area contributed by atoms with Gasteiger partial charge in [0.1, 0.15) is 0 Å². The molecule has 0 radical (unpaired) electrons. The zero-order valence-electron chi connectivity index (χ0n) is 18.4. The Labute approximate surface area is 186 Å². The Bertz CT molecular complexity index is 1390. The normalized spacial score (nSPS) is 13.6. The van der Waals surface area contributed by atoms with Crippen molar-refractivity contribution in [2.75, 3.05) is 21.0 Å². The van der Waals surface area contributed by atoms with Gasteiger partial charge in [-0.25, -0.2) is 0 Å². The molecule has 0 aliphatic carbocycles. The molecular weight excluding hydrogens is 402 g/mol. The molecule has 4 aromatic rings. The van der Waals surface area contributed by atoms with E-state index in [1.165, 1.54) is 33.5 Å². The molecule has 0 saturated heterocycles. The summed E-state index contributed by atoms with van der Waals surface area (Å²) < 4.78 is 25.1. The first-order valence-corrected chi connectivity index (χ1v) is 10.8. The average molecular weight is 426 g/mol. The third kappa shape index (κ3) is 2.74. The van der Waals surface area contributed by atoms with Crippen molar-refractivity contribution in [2.45, 2.75) is 19.9 Å². The number of nitrogens with zero attached hydrogens (tertiary/aromatic N) is 1. The number of rotatable bonds is 3. The van der Waals surface area contributed by atoms with E-state index in [2.05, 4.69) is 60.2 Å². The highest BCUT2D eigenvalue weighted by molar-refractivity contribution is 6.05. The van der Waals surface area contributed by atoms with Gasteiger partial charge in [-0.3, -0.25) is 0 Å². The molecule has 0 amide bonds. The minimum Gasteiger partial charge on any atom is -0.493 e. The Kier molecular flexibility index (Phi) is 4.25. The van der Waals surface area contributed by atoms with Crippen molar-refractivity contribution in [2.24, 2.45) is 0 Å². The van der Waals surface area contributed by atoms with E-state index in [1.807, 2.05) is 6.07 Å². The van der Waals surface area contributed by atoms with Gasteiger partial charge in [0, 0.05) is 11.8 Å². The van der Waals surface area contributed by atoms with Crippen LogP contribution in [-0.4, -0.2) is 21.0 Å². The molecule has 0 spiro atoms. The Balaban J connectivity index is 1.75. The van der Waals surface area contributed by atoms with E-state index in [1.54, 1.807) is 14.2 Å². The van der Waals surface area contributed by atoms with Gasteiger partial charge < -0.3 is 18.9 Å². The summed E-state index contributed by atoms with van der Waals surface area (Å²) in [5.74, 6) is 3.13. The van der Waals surface area contributed by atoms with Crippen molar-refractivity contribution in [3.05, 3.63) is 65.9 Å². The second kappa shape index (κ2) is 7.16. The van der Waals surface area contributed by atoms with Crippen molar-refractivity contribution in [3.63, 3.8) is 0 Å². The lowest BCUT2D eigenvalue weighted by atomic mass is 9.88. The lowest BCUT2D eigenvalue weighted by molar-refractivity contribution is -0.685. The van der Waals surface area contributed by atoms with Crippen LogP contribution in [0.3, 0.4) is 0 Å². The van der Waals surface area contributed by atoms with E-state index in [0.29, 0.717) is 0 Å². The zero-order valence-corrected chi connectivity index (χ0v) is 18.4. The minimum atomic E-state index is 0.275. The van der Waals surface area contributed by atoms with Crippen LogP contribution < -0.4 is 23.5 Å². The van der Waals surface area contributed by atoms with Gasteiger partial charge in [-0.1, -0.05) is 29.8 Å². The van der Waals surface area contributed by atoms with E-state index in [0.717, 1.165) is 46.7 Å². The molecule has 32 heavy (non-hydrogen) atoms. The Morgan fingerprint density at radius 3 is 2.53 bits per heavy atom. The van der Waals surface area contributed by atoms with Crippen molar-refractivity contribution in [3.8, 4) is 45.4 Å². The SMILES string of the molecule is COc1ccc2c(-c3cccc(C)c3)c3[n+](cc2c1OC)CCc1cc2c(cc1-3)OCO2. The molecule has 3 heterocycles. The van der Waals surface area contributed by atoms with Gasteiger partial charge in [0.25, 0.3) is 0 Å². The summed E-state index contributed by atoms with van der Waals surface area (Å²) in [4.78, 5) is 0. The molecule has 0 N–H and O–H groups in total. The summed E-state index contributed by atoms with van der Waals surface area (Å²) in [5.41, 5.74) is 7.25. The molecule has 2 aliphatic rings. The monoisotopic (exact) mass is 426 g/mol. The molecule has 2 aliphatic heterocycles. The van der Waals surface area contributed by atoms with Gasteiger partial charge in [0.2, 0.25) is 12.5 Å². The van der Waals surface area contributed by atoms with E-state index < -0.39 is 0 Å². The highest BCUT2D eigenvalue weighted by Crippen LogP contribution is 2.46. The standard InChI is InChI=1S/C27H24NO4/c1-16-5-4-6-18(11-16)25-19-7-8-22(29-2)27(30-3)21(19)14-28-10-9-17-12-23-24(32-15-31-23)13-20(17)26(25)28/h4-8,11-14H,9-10,15H2,1-3H3/q+1. The number of hydrogen-bond donors (Lipinski definition) is 0. The number of aromatic nitrogens is 1. The molecule has 1 aromatic heterocycles. The molecule has 0 bridgehead atoms. The first kappa shape index (κ1) is 19.0. The summed E-state index contributed by atoms with van der Waals surface area (Å²) in [5, 5.41) is 2.17. The van der Waals surface area contributed by atoms with Crippen LogP contribution in [0.25, 0.3) is 33.2 Å². The Morgan fingerprint density at radius 1 is 0.906 bits per heavy atom. The summed E-state index contributed by atoms with van der Waals surface area (Å²) in [6.45, 7) is 3.28. The fourth-order valence-electron chi connectivity index (χ4n) is 5.00. The smallest absolute Gasteiger partial charge is 0.231 e. The van der Waals surface area contributed by atoms with Crippen molar-refractivity contribution >= 4 is 10.8 Å². The van der Waals surface area contributed by atoms with Gasteiger partial charge in [-0.2, -0.15) is 4.57 Å². The number of aryl methyl sites for hydroxylation is 3. The summed E-state index contributed by atoms with van der Waals surface area (Å²) in [6, 6.07) is 17.1. The molecule has 0 fully saturated rings. The second-order valence-corrected chi connectivity index (χ2v) is 8.29. The van der Waals surface area contributed by atoms with Crippen LogP contribution in [-0.2, 0) is 13.0 Å². The van der Waals surface area contributed by atoms with E-state index >= 15 is 0 Å². The molecule has 3 aromatic carbocycles. The molecule has 0 saturated carbocycles. The number of hydrogen-bond acceptors (Lipinski definition) is 4. The lowest BCUT2D eigenvalue weighted by Gasteiger charge is -2.21. The number of pyridine rings is 1. The number of methoxy groups -OCH3 is 2. The quantitative estimate of drug-likeness (QED) is 0.429. The van der Waals surface area contributed by atoms with Gasteiger partial charge >= 0.3 is 0 Å². The van der Waals surface area contributed by atoms with Crippen LogP contribution in [0.2, 0.25) is 0 Å². The molecule has 5 nitrogen and oxygen atoms in total. The van der Waals surface area contributed by atoms with Crippen molar-refractivity contribution < 1.29 is 23.5 Å². The molecule has 0 unspecified atom stereocenters. The Morgan fingerprint density at radius 2 is 1.75 bits per heavy atom. The average Bonchev–Trinajstić information content (AvgIpc) is 3.27.